The fraction of sp³-hybridized carbons (Fsp3) is 0.476. The zero-order chi connectivity index (χ0) is 20.7. The summed E-state index contributed by atoms with van der Waals surface area (Å²) in [6.45, 7) is 6.92. The molecule has 6 nitrogen and oxygen atoms in total. The average molecular weight is 422 g/mol. The molecule has 156 valence electrons. The first kappa shape index (κ1) is 20.2. The zero-order valence-corrected chi connectivity index (χ0v) is 17.0. The van der Waals surface area contributed by atoms with Gasteiger partial charge >= 0.3 is 0 Å². The Labute approximate surface area is 173 Å². The second-order valence-electron chi connectivity index (χ2n) is 7.78. The fourth-order valence-electron chi connectivity index (χ4n) is 4.13. The van der Waals surface area contributed by atoms with Gasteiger partial charge in [-0.25, -0.2) is 4.39 Å². The van der Waals surface area contributed by atoms with E-state index in [1.165, 1.54) is 6.07 Å². The summed E-state index contributed by atoms with van der Waals surface area (Å²) >= 11 is 6.73. The number of rotatable bonds is 5. The minimum absolute atomic E-state index is 0.0713. The minimum atomic E-state index is -0.543. The van der Waals surface area contributed by atoms with Gasteiger partial charge in [0.1, 0.15) is 11.6 Å². The van der Waals surface area contributed by atoms with Gasteiger partial charge in [0.15, 0.2) is 5.43 Å². The lowest BCUT2D eigenvalue weighted by atomic mass is 10.1. The molecule has 0 atom stereocenters. The van der Waals surface area contributed by atoms with Crippen molar-refractivity contribution in [2.45, 2.75) is 25.3 Å². The highest BCUT2D eigenvalue weighted by atomic mass is 35.5. The Morgan fingerprint density at radius 3 is 2.69 bits per heavy atom. The molecule has 1 aromatic carbocycles. The van der Waals surface area contributed by atoms with Gasteiger partial charge in [-0.1, -0.05) is 18.2 Å². The van der Waals surface area contributed by atoms with Gasteiger partial charge < -0.3 is 19.7 Å². The van der Waals surface area contributed by atoms with Crippen molar-refractivity contribution in [3.63, 3.8) is 0 Å². The van der Waals surface area contributed by atoms with Crippen LogP contribution in [-0.2, 0) is 0 Å². The average Bonchev–Trinajstić information content (AvgIpc) is 3.51. The number of hydrogen-bond donors (Lipinski definition) is 2. The maximum absolute atomic E-state index is 15.2. The smallest absolute Gasteiger partial charge is 0.200 e. The number of benzene rings is 1. The molecule has 2 fully saturated rings. The largest absolute Gasteiger partial charge is 0.508 e. The van der Waals surface area contributed by atoms with Gasteiger partial charge in [-0.15, -0.1) is 0 Å². The van der Waals surface area contributed by atoms with Gasteiger partial charge in [-0.2, -0.15) is 0 Å². The van der Waals surface area contributed by atoms with E-state index in [-0.39, 0.29) is 34.4 Å². The van der Waals surface area contributed by atoms with Crippen LogP contribution in [0.4, 0.5) is 10.1 Å². The maximum Gasteiger partial charge on any atom is 0.200 e. The monoisotopic (exact) mass is 421 g/mol. The lowest BCUT2D eigenvalue weighted by Crippen LogP contribution is -2.33. The predicted molar refractivity (Wildman–Crippen MR) is 113 cm³/mol. The molecule has 1 saturated heterocycles. The molecular weight excluding hydrogens is 397 g/mol. The highest BCUT2D eigenvalue weighted by Gasteiger charge is 2.30. The van der Waals surface area contributed by atoms with Gasteiger partial charge in [0, 0.05) is 38.4 Å². The Kier molecular flexibility index (Phi) is 5.55. The summed E-state index contributed by atoms with van der Waals surface area (Å²) in [5.41, 5.74) is 0.426. The van der Waals surface area contributed by atoms with Crippen LogP contribution in [0, 0.1) is 5.82 Å². The van der Waals surface area contributed by atoms with E-state index in [2.05, 4.69) is 11.5 Å². The molecular formula is C21H25ClFN3O3. The van der Waals surface area contributed by atoms with Gasteiger partial charge in [-0.3, -0.25) is 9.69 Å². The summed E-state index contributed by atoms with van der Waals surface area (Å²) in [5.74, 6) is -0.873. The van der Waals surface area contributed by atoms with E-state index in [4.69, 9.17) is 11.6 Å². The van der Waals surface area contributed by atoms with Crippen molar-refractivity contribution in [1.82, 2.24) is 9.47 Å². The third-order valence-electron chi connectivity index (χ3n) is 5.76. The number of anilines is 1. The van der Waals surface area contributed by atoms with E-state index in [0.29, 0.717) is 37.4 Å². The summed E-state index contributed by atoms with van der Waals surface area (Å²) < 4.78 is 17.1. The quantitative estimate of drug-likeness (QED) is 0.726. The van der Waals surface area contributed by atoms with E-state index in [1.807, 2.05) is 9.47 Å². The maximum atomic E-state index is 15.2. The normalized spacial score (nSPS) is 18.2. The molecule has 2 aliphatic rings. The third-order valence-corrected chi connectivity index (χ3v) is 6.11. The molecule has 1 aromatic heterocycles. The van der Waals surface area contributed by atoms with Gasteiger partial charge in [-0.05, 0) is 31.9 Å². The Morgan fingerprint density at radius 1 is 1.28 bits per heavy atom. The summed E-state index contributed by atoms with van der Waals surface area (Å²) in [7, 11) is 0. The first-order chi connectivity index (χ1) is 13.9. The number of β-amino-alcohol motifs (C(OH)–C–C–N with tert-alkyl or cyclic N) is 1. The summed E-state index contributed by atoms with van der Waals surface area (Å²) in [5, 5.41) is 19.4. The number of aliphatic hydroxyl groups is 2. The van der Waals surface area contributed by atoms with Crippen LogP contribution in [0.1, 0.15) is 30.9 Å². The topological polar surface area (TPSA) is 68.9 Å². The molecule has 0 spiro atoms. The molecule has 29 heavy (non-hydrogen) atoms. The number of pyridine rings is 1. The van der Waals surface area contributed by atoms with Crippen LogP contribution >= 0.6 is 11.6 Å². The predicted octanol–water partition coefficient (Wildman–Crippen LogP) is 3.16. The summed E-state index contributed by atoms with van der Waals surface area (Å²) in [6.07, 6.45) is 4.30. The molecule has 0 bridgehead atoms. The van der Waals surface area contributed by atoms with Crippen LogP contribution in [0.3, 0.4) is 0 Å². The Bertz CT molecular complexity index is 1020. The van der Waals surface area contributed by atoms with E-state index in [0.717, 1.165) is 25.8 Å². The van der Waals surface area contributed by atoms with Gasteiger partial charge in [0.2, 0.25) is 0 Å². The number of halogens is 2. The molecule has 2 N–H and O–H groups in total. The Hall–Kier alpha value is -2.09. The first-order valence-electron chi connectivity index (χ1n) is 9.95. The van der Waals surface area contributed by atoms with Crippen molar-refractivity contribution < 1.29 is 14.6 Å². The highest BCUT2D eigenvalue weighted by molar-refractivity contribution is 6.38. The number of aromatic nitrogens is 1. The van der Waals surface area contributed by atoms with Crippen molar-refractivity contribution in [3.05, 3.63) is 45.5 Å². The molecule has 0 radical (unpaired) electrons. The lowest BCUT2D eigenvalue weighted by molar-refractivity contribution is 0.204. The molecule has 1 aliphatic heterocycles. The van der Waals surface area contributed by atoms with Crippen molar-refractivity contribution in [2.75, 3.05) is 44.2 Å². The van der Waals surface area contributed by atoms with Gasteiger partial charge in [0.25, 0.3) is 0 Å². The van der Waals surface area contributed by atoms with Crippen LogP contribution in [0.2, 0.25) is 5.02 Å². The third kappa shape index (κ3) is 3.74. The molecule has 8 heteroatoms. The van der Waals surface area contributed by atoms with Crippen LogP contribution < -0.4 is 10.3 Å². The second kappa shape index (κ2) is 7.97. The molecule has 0 amide bonds. The highest BCUT2D eigenvalue weighted by Crippen LogP contribution is 2.42. The zero-order valence-electron chi connectivity index (χ0n) is 16.2. The van der Waals surface area contributed by atoms with Crippen LogP contribution in [-0.4, -0.2) is 59.0 Å². The second-order valence-corrected chi connectivity index (χ2v) is 8.16. The molecule has 4 rings (SSSR count). The van der Waals surface area contributed by atoms with Crippen LogP contribution in [0.15, 0.2) is 23.6 Å². The minimum Gasteiger partial charge on any atom is -0.508 e. The molecule has 2 heterocycles. The van der Waals surface area contributed by atoms with Crippen LogP contribution in [0.5, 0.6) is 0 Å². The number of fused-ring (bicyclic) bond motifs is 1. The van der Waals surface area contributed by atoms with E-state index >= 15 is 4.39 Å². The Morgan fingerprint density at radius 2 is 2.03 bits per heavy atom. The SMILES string of the molecule is C=C(O)c1cn(C2CC2)c2c(Cl)c(N3CCCN(CCO)CC3)c(F)cc2c1=O. The lowest BCUT2D eigenvalue weighted by Gasteiger charge is -2.26. The van der Waals surface area contributed by atoms with Crippen LogP contribution in [0.25, 0.3) is 16.7 Å². The molecule has 2 aromatic rings. The molecule has 0 unspecified atom stereocenters. The number of hydrogen-bond acceptors (Lipinski definition) is 5. The number of aliphatic hydroxyl groups excluding tert-OH is 2. The van der Waals surface area contributed by atoms with E-state index in [1.54, 1.807) is 6.20 Å². The fourth-order valence-corrected chi connectivity index (χ4v) is 4.54. The van der Waals surface area contributed by atoms with Crippen molar-refractivity contribution in [2.24, 2.45) is 0 Å². The molecule has 1 saturated carbocycles. The van der Waals surface area contributed by atoms with E-state index in [9.17, 15) is 15.0 Å². The number of nitrogens with zero attached hydrogens (tertiary/aromatic N) is 3. The summed E-state index contributed by atoms with van der Waals surface area (Å²) in [4.78, 5) is 16.9. The standard InChI is InChI=1S/C21H25ClFN3O3/c1-13(28)16-12-26(14-3-4-14)19-15(21(16)29)11-17(23)20(18(19)22)25-6-2-5-24(7-8-25)9-10-27/h11-12,14,27-28H,1-10H2. The first-order valence-corrected chi connectivity index (χ1v) is 10.3. The molecule has 1 aliphatic carbocycles. The van der Waals surface area contributed by atoms with Crippen molar-refractivity contribution >= 4 is 34.0 Å². The Balaban J connectivity index is 1.84. The van der Waals surface area contributed by atoms with Crippen molar-refractivity contribution in [3.8, 4) is 0 Å². The summed E-state index contributed by atoms with van der Waals surface area (Å²) in [6, 6.07) is 1.41. The van der Waals surface area contributed by atoms with E-state index < -0.39 is 11.2 Å². The van der Waals surface area contributed by atoms with Crippen molar-refractivity contribution in [1.29, 1.82) is 0 Å². The van der Waals surface area contributed by atoms with Gasteiger partial charge in [0.05, 0.1) is 33.8 Å².